The van der Waals surface area contributed by atoms with Gasteiger partial charge >= 0.3 is 11.8 Å². The molecule has 0 aliphatic heterocycles. The van der Waals surface area contributed by atoms with Crippen LogP contribution in [0.2, 0.25) is 5.11 Å². The Labute approximate surface area is 170 Å². The summed E-state index contributed by atoms with van der Waals surface area (Å²) in [6.45, 7) is -1.68. The summed E-state index contributed by atoms with van der Waals surface area (Å²) < 4.78 is 90.8. The Morgan fingerprint density at radius 2 is 1.73 bits per heavy atom. The lowest BCUT2D eigenvalue weighted by Crippen LogP contribution is -2.56. The summed E-state index contributed by atoms with van der Waals surface area (Å²) in [5, 5.41) is 16.1. The van der Waals surface area contributed by atoms with Crippen LogP contribution < -0.4 is 4.74 Å². The standard InChI is InChI=1S/C18H8B3F6NO2/c19-18(20,21)15(29)14-11(6-22)13(2-1-12(14)16(24,25)17(15,26)27)30-10-4-8(7-28)3-9(23)5-10/h1-5,29H,6H2/t15-/m1/s1. The summed E-state index contributed by atoms with van der Waals surface area (Å²) in [6, 6.07) is 5.50. The van der Waals surface area contributed by atoms with Gasteiger partial charge < -0.3 is 9.84 Å². The third kappa shape index (κ3) is 2.82. The lowest BCUT2D eigenvalue weighted by Gasteiger charge is -2.44. The first kappa shape index (κ1) is 22.2. The number of aliphatic hydroxyl groups is 1. The van der Waals surface area contributed by atoms with Gasteiger partial charge in [0.15, 0.2) is 0 Å². The molecule has 3 rings (SSSR count). The number of nitriles is 1. The van der Waals surface area contributed by atoms with E-state index in [-0.39, 0.29) is 11.3 Å². The highest BCUT2D eigenvalue weighted by molar-refractivity contribution is 6.60. The quantitative estimate of drug-likeness (QED) is 0.613. The molecule has 2 aromatic rings. The molecule has 0 saturated heterocycles. The Hall–Kier alpha value is -2.54. The molecule has 1 aliphatic rings. The highest BCUT2D eigenvalue weighted by Gasteiger charge is 2.78. The number of nitrogens with zero attached hydrogens (tertiary/aromatic N) is 1. The van der Waals surface area contributed by atoms with Crippen LogP contribution in [0.1, 0.15) is 22.3 Å². The second-order valence-corrected chi connectivity index (χ2v) is 6.78. The van der Waals surface area contributed by atoms with Crippen molar-refractivity contribution in [2.45, 2.75) is 29.2 Å². The average Bonchev–Trinajstić information content (AvgIpc) is 2.76. The first-order valence-electron chi connectivity index (χ1n) is 8.18. The maximum Gasteiger partial charge on any atom is 0.344 e. The van der Waals surface area contributed by atoms with E-state index in [1.165, 1.54) is 0 Å². The average molecular weight is 417 g/mol. The van der Waals surface area contributed by atoms with E-state index in [0.717, 1.165) is 24.3 Å². The summed E-state index contributed by atoms with van der Waals surface area (Å²) >= 11 is 0. The fourth-order valence-electron chi connectivity index (χ4n) is 3.39. The molecule has 2 aromatic carbocycles. The number of fused-ring (bicyclic) bond motifs is 1. The van der Waals surface area contributed by atoms with Gasteiger partial charge in [-0.1, -0.05) is 5.11 Å². The van der Waals surface area contributed by atoms with Crippen LogP contribution in [0.15, 0.2) is 30.3 Å². The zero-order valence-corrected chi connectivity index (χ0v) is 14.9. The summed E-state index contributed by atoms with van der Waals surface area (Å²) in [6.07, 6.45) is 0. The Balaban J connectivity index is 2.28. The highest BCUT2D eigenvalue weighted by Crippen LogP contribution is 2.67. The third-order valence-electron chi connectivity index (χ3n) is 4.81. The fraction of sp³-hybridized carbons (Fsp3) is 0.278. The van der Waals surface area contributed by atoms with Crippen LogP contribution in [0.4, 0.5) is 26.3 Å². The topological polar surface area (TPSA) is 53.2 Å². The van der Waals surface area contributed by atoms with Crippen LogP contribution in [0.3, 0.4) is 0 Å². The van der Waals surface area contributed by atoms with Crippen LogP contribution >= 0.6 is 0 Å². The van der Waals surface area contributed by atoms with Crippen molar-refractivity contribution in [1.29, 1.82) is 5.26 Å². The maximum atomic E-state index is 14.6. The van der Waals surface area contributed by atoms with Crippen molar-refractivity contribution in [2.24, 2.45) is 0 Å². The van der Waals surface area contributed by atoms with Crippen molar-refractivity contribution in [3.05, 3.63) is 58.4 Å². The zero-order valence-electron chi connectivity index (χ0n) is 14.9. The van der Waals surface area contributed by atoms with E-state index in [9.17, 15) is 31.4 Å². The van der Waals surface area contributed by atoms with Crippen molar-refractivity contribution < 1.29 is 36.2 Å². The molecular weight excluding hydrogens is 409 g/mol. The van der Waals surface area contributed by atoms with E-state index in [0.29, 0.717) is 6.07 Å². The maximum absolute atomic E-state index is 14.6. The van der Waals surface area contributed by atoms with E-state index < -0.39 is 57.5 Å². The Bertz CT molecular complexity index is 1070. The van der Waals surface area contributed by atoms with Crippen molar-refractivity contribution in [2.75, 3.05) is 0 Å². The first-order valence-corrected chi connectivity index (χ1v) is 8.18. The van der Waals surface area contributed by atoms with Crippen LogP contribution in [0.25, 0.3) is 0 Å². The summed E-state index contributed by atoms with van der Waals surface area (Å²) in [7, 11) is 15.6. The van der Waals surface area contributed by atoms with Crippen molar-refractivity contribution in [3.63, 3.8) is 0 Å². The van der Waals surface area contributed by atoms with Gasteiger partial charge in [-0.25, -0.2) is 8.78 Å². The minimum atomic E-state index is -5.31. The van der Waals surface area contributed by atoms with Gasteiger partial charge in [-0.15, -0.1) is 0 Å². The minimum Gasteiger partial charge on any atom is -0.457 e. The molecule has 3 nitrogen and oxygen atoms in total. The molecule has 0 spiro atoms. The van der Waals surface area contributed by atoms with Gasteiger partial charge in [0.05, 0.1) is 35.2 Å². The number of ether oxygens (including phenoxy) is 1. The molecule has 148 valence electrons. The second-order valence-electron chi connectivity index (χ2n) is 6.78. The fourth-order valence-corrected chi connectivity index (χ4v) is 3.39. The van der Waals surface area contributed by atoms with Crippen LogP contribution in [-0.4, -0.2) is 34.6 Å². The molecule has 1 atom stereocenters. The first-order chi connectivity index (χ1) is 13.7. The molecule has 0 bridgehead atoms. The monoisotopic (exact) mass is 417 g/mol. The number of hydrogen-bond acceptors (Lipinski definition) is 3. The van der Waals surface area contributed by atoms with E-state index >= 15 is 0 Å². The Morgan fingerprint density at radius 1 is 1.10 bits per heavy atom. The van der Waals surface area contributed by atoms with Crippen LogP contribution in [-0.2, 0) is 18.2 Å². The molecule has 1 N–H and O–H groups in total. The Morgan fingerprint density at radius 3 is 2.27 bits per heavy atom. The van der Waals surface area contributed by atoms with E-state index in [1.807, 2.05) is 0 Å². The van der Waals surface area contributed by atoms with E-state index in [1.54, 1.807) is 6.07 Å². The molecule has 0 heterocycles. The van der Waals surface area contributed by atoms with Gasteiger partial charge in [0.2, 0.25) is 0 Å². The van der Waals surface area contributed by atoms with Gasteiger partial charge in [-0.2, -0.15) is 22.8 Å². The number of halogens is 6. The highest BCUT2D eigenvalue weighted by atomic mass is 19.3. The molecule has 0 saturated carbocycles. The molecule has 12 heteroatoms. The number of rotatable bonds is 4. The van der Waals surface area contributed by atoms with E-state index in [4.69, 9.17) is 33.5 Å². The number of hydrogen-bond donors (Lipinski definition) is 1. The van der Waals surface area contributed by atoms with Crippen molar-refractivity contribution in [3.8, 4) is 17.6 Å². The smallest absolute Gasteiger partial charge is 0.344 e. The largest absolute Gasteiger partial charge is 0.457 e. The summed E-state index contributed by atoms with van der Waals surface area (Å²) in [5.74, 6) is -12.2. The van der Waals surface area contributed by atoms with Gasteiger partial charge in [-0.3, -0.25) is 0 Å². The summed E-state index contributed by atoms with van der Waals surface area (Å²) in [5.41, 5.74) is -7.99. The van der Waals surface area contributed by atoms with E-state index in [2.05, 4.69) is 0 Å². The lowest BCUT2D eigenvalue weighted by molar-refractivity contribution is -0.285. The predicted octanol–water partition coefficient (Wildman–Crippen LogP) is 3.47. The molecule has 0 unspecified atom stereocenters. The van der Waals surface area contributed by atoms with Crippen LogP contribution in [0, 0.1) is 17.1 Å². The van der Waals surface area contributed by atoms with Gasteiger partial charge in [0.1, 0.15) is 29.6 Å². The SMILES string of the molecule is [B]C([B])([B])[C@@]1(O)c2c(ccc(Oc3cc(F)cc(C#N)c3)c2CF)C(F)(F)C1(F)F. The molecular formula is C18H8B3F6NO2. The van der Waals surface area contributed by atoms with Gasteiger partial charge in [-0.05, 0) is 24.3 Å². The Kier molecular flexibility index (Phi) is 4.98. The molecule has 0 amide bonds. The normalized spacial score (nSPS) is 21.7. The molecule has 0 fully saturated rings. The van der Waals surface area contributed by atoms with Crippen molar-refractivity contribution >= 4 is 23.5 Å². The van der Waals surface area contributed by atoms with Crippen LogP contribution in [0.5, 0.6) is 11.5 Å². The summed E-state index contributed by atoms with van der Waals surface area (Å²) in [4.78, 5) is 0. The molecule has 6 radical (unpaired) electrons. The lowest BCUT2D eigenvalue weighted by atomic mass is 9.34. The second kappa shape index (κ2) is 6.74. The van der Waals surface area contributed by atoms with Gasteiger partial charge in [0, 0.05) is 22.8 Å². The molecule has 1 aliphatic carbocycles. The van der Waals surface area contributed by atoms with Crippen molar-refractivity contribution in [1.82, 2.24) is 0 Å². The van der Waals surface area contributed by atoms with Gasteiger partial charge in [0.25, 0.3) is 0 Å². The third-order valence-corrected chi connectivity index (χ3v) is 4.81. The zero-order chi connectivity index (χ0) is 22.7. The number of alkyl halides is 5. The predicted molar refractivity (Wildman–Crippen MR) is 95.1 cm³/mol. The minimum absolute atomic E-state index is 0.188. The molecule has 30 heavy (non-hydrogen) atoms. The number of benzene rings is 2. The molecule has 0 aromatic heterocycles.